The largest absolute Gasteiger partial charge is 0.444 e. The Morgan fingerprint density at radius 2 is 2.06 bits per heavy atom. The van der Waals surface area contributed by atoms with Gasteiger partial charge in [0.05, 0.1) is 0 Å². The first kappa shape index (κ1) is 13.3. The molecule has 2 atom stereocenters. The SMILES string of the molecule is CC(C)(C)OC(=O)NC[C@H]1CNC[C@H]1CO. The lowest BCUT2D eigenvalue weighted by atomic mass is 9.97. The van der Waals surface area contributed by atoms with Gasteiger partial charge in [-0.3, -0.25) is 0 Å². The molecule has 1 amide bonds. The highest BCUT2D eigenvalue weighted by atomic mass is 16.6. The van der Waals surface area contributed by atoms with Crippen LogP contribution in [0.1, 0.15) is 20.8 Å². The summed E-state index contributed by atoms with van der Waals surface area (Å²) in [7, 11) is 0. The Hall–Kier alpha value is -0.810. The Balaban J connectivity index is 2.26. The van der Waals surface area contributed by atoms with E-state index in [0.29, 0.717) is 6.54 Å². The number of aliphatic hydroxyl groups is 1. The molecule has 16 heavy (non-hydrogen) atoms. The number of carbonyl (C=O) groups excluding carboxylic acids is 1. The lowest BCUT2D eigenvalue weighted by molar-refractivity contribution is 0.0513. The number of hydrogen-bond acceptors (Lipinski definition) is 4. The topological polar surface area (TPSA) is 70.6 Å². The normalized spacial score (nSPS) is 25.5. The predicted octanol–water partition coefficient (Wildman–Crippen LogP) is 0.339. The summed E-state index contributed by atoms with van der Waals surface area (Å²) < 4.78 is 5.13. The zero-order chi connectivity index (χ0) is 12.2. The number of rotatable bonds is 3. The maximum atomic E-state index is 11.4. The summed E-state index contributed by atoms with van der Waals surface area (Å²) in [6.45, 7) is 7.86. The van der Waals surface area contributed by atoms with Crippen LogP contribution in [0.25, 0.3) is 0 Å². The van der Waals surface area contributed by atoms with Crippen molar-refractivity contribution >= 4 is 6.09 Å². The molecule has 5 heteroatoms. The molecule has 3 N–H and O–H groups in total. The molecule has 1 heterocycles. The van der Waals surface area contributed by atoms with Crippen LogP contribution in [0.2, 0.25) is 0 Å². The molecular formula is C11H22N2O3. The molecule has 1 fully saturated rings. The second kappa shape index (κ2) is 5.50. The summed E-state index contributed by atoms with van der Waals surface area (Å²) in [5.74, 6) is 0.521. The van der Waals surface area contributed by atoms with Crippen molar-refractivity contribution < 1.29 is 14.6 Å². The average molecular weight is 230 g/mol. The second-order valence-electron chi connectivity index (χ2n) is 5.24. The highest BCUT2D eigenvalue weighted by molar-refractivity contribution is 5.67. The summed E-state index contributed by atoms with van der Waals surface area (Å²) in [6, 6.07) is 0. The first-order valence-corrected chi connectivity index (χ1v) is 5.71. The minimum atomic E-state index is -0.464. The van der Waals surface area contributed by atoms with Crippen LogP contribution >= 0.6 is 0 Å². The van der Waals surface area contributed by atoms with E-state index in [0.717, 1.165) is 13.1 Å². The summed E-state index contributed by atoms with van der Waals surface area (Å²) in [5, 5.41) is 15.0. The van der Waals surface area contributed by atoms with Crippen molar-refractivity contribution in [3.63, 3.8) is 0 Å². The lowest BCUT2D eigenvalue weighted by Gasteiger charge is -2.21. The van der Waals surface area contributed by atoms with Gasteiger partial charge in [-0.1, -0.05) is 0 Å². The molecule has 1 aliphatic heterocycles. The van der Waals surface area contributed by atoms with Crippen molar-refractivity contribution in [1.29, 1.82) is 0 Å². The van der Waals surface area contributed by atoms with Crippen molar-refractivity contribution in [2.45, 2.75) is 26.4 Å². The van der Waals surface area contributed by atoms with Crippen molar-refractivity contribution in [1.82, 2.24) is 10.6 Å². The first-order chi connectivity index (χ1) is 7.42. The third-order valence-corrected chi connectivity index (χ3v) is 2.62. The summed E-state index contributed by atoms with van der Waals surface area (Å²) in [4.78, 5) is 11.4. The van der Waals surface area contributed by atoms with E-state index in [1.807, 2.05) is 20.8 Å². The fourth-order valence-electron chi connectivity index (χ4n) is 1.77. The van der Waals surface area contributed by atoms with Crippen molar-refractivity contribution in [2.24, 2.45) is 11.8 Å². The molecule has 1 aliphatic rings. The smallest absolute Gasteiger partial charge is 0.407 e. The molecule has 0 spiro atoms. The number of hydrogen-bond donors (Lipinski definition) is 3. The minimum absolute atomic E-state index is 0.160. The van der Waals surface area contributed by atoms with Gasteiger partial charge in [0.25, 0.3) is 0 Å². The van der Waals surface area contributed by atoms with E-state index in [9.17, 15) is 4.79 Å². The molecule has 0 aromatic carbocycles. The molecule has 0 aromatic heterocycles. The number of aliphatic hydroxyl groups excluding tert-OH is 1. The maximum Gasteiger partial charge on any atom is 0.407 e. The van der Waals surface area contributed by atoms with E-state index >= 15 is 0 Å². The van der Waals surface area contributed by atoms with Crippen LogP contribution in [0, 0.1) is 11.8 Å². The molecule has 0 radical (unpaired) electrons. The van der Waals surface area contributed by atoms with Crippen LogP contribution in [0.4, 0.5) is 4.79 Å². The highest BCUT2D eigenvalue weighted by Crippen LogP contribution is 2.15. The van der Waals surface area contributed by atoms with Crippen LogP contribution in [0.15, 0.2) is 0 Å². The van der Waals surface area contributed by atoms with Crippen molar-refractivity contribution in [2.75, 3.05) is 26.2 Å². The molecule has 1 saturated heterocycles. The zero-order valence-electron chi connectivity index (χ0n) is 10.2. The van der Waals surface area contributed by atoms with Gasteiger partial charge in [0.15, 0.2) is 0 Å². The summed E-state index contributed by atoms with van der Waals surface area (Å²) in [5.41, 5.74) is -0.464. The lowest BCUT2D eigenvalue weighted by Crippen LogP contribution is -2.37. The van der Waals surface area contributed by atoms with E-state index in [1.54, 1.807) is 0 Å². The van der Waals surface area contributed by atoms with Gasteiger partial charge < -0.3 is 20.5 Å². The highest BCUT2D eigenvalue weighted by Gasteiger charge is 2.27. The van der Waals surface area contributed by atoms with Crippen LogP contribution in [0.5, 0.6) is 0 Å². The van der Waals surface area contributed by atoms with Gasteiger partial charge in [-0.2, -0.15) is 0 Å². The van der Waals surface area contributed by atoms with Gasteiger partial charge in [-0.05, 0) is 26.7 Å². The zero-order valence-corrected chi connectivity index (χ0v) is 10.2. The van der Waals surface area contributed by atoms with Gasteiger partial charge in [0.1, 0.15) is 5.60 Å². The standard InChI is InChI=1S/C11H22N2O3/c1-11(2,3)16-10(15)13-6-8-4-12-5-9(8)7-14/h8-9,12,14H,4-7H2,1-3H3,(H,13,15)/t8-,9+/m1/s1. The molecular weight excluding hydrogens is 208 g/mol. The number of carbonyl (C=O) groups is 1. The van der Waals surface area contributed by atoms with Gasteiger partial charge in [0.2, 0.25) is 0 Å². The Kier molecular flexibility index (Phi) is 4.56. The molecule has 1 rings (SSSR count). The minimum Gasteiger partial charge on any atom is -0.444 e. The van der Waals surface area contributed by atoms with Crippen molar-refractivity contribution in [3.8, 4) is 0 Å². The predicted molar refractivity (Wildman–Crippen MR) is 61.2 cm³/mol. The Morgan fingerprint density at radius 3 is 2.62 bits per heavy atom. The van der Waals surface area contributed by atoms with Gasteiger partial charge in [-0.25, -0.2) is 4.79 Å². The molecule has 0 bridgehead atoms. The van der Waals surface area contributed by atoms with Gasteiger partial charge in [0, 0.05) is 32.2 Å². The number of amides is 1. The van der Waals surface area contributed by atoms with Gasteiger partial charge in [-0.15, -0.1) is 0 Å². The van der Waals surface area contributed by atoms with E-state index < -0.39 is 11.7 Å². The Morgan fingerprint density at radius 1 is 1.44 bits per heavy atom. The van der Waals surface area contributed by atoms with Crippen LogP contribution in [-0.2, 0) is 4.74 Å². The molecule has 0 aliphatic carbocycles. The number of ether oxygens (including phenoxy) is 1. The average Bonchev–Trinajstić information content (AvgIpc) is 2.59. The van der Waals surface area contributed by atoms with E-state index in [-0.39, 0.29) is 18.4 Å². The molecule has 0 aromatic rings. The van der Waals surface area contributed by atoms with Gasteiger partial charge >= 0.3 is 6.09 Å². The summed E-state index contributed by atoms with van der Waals surface area (Å²) in [6.07, 6.45) is -0.393. The van der Waals surface area contributed by atoms with E-state index in [2.05, 4.69) is 10.6 Å². The van der Waals surface area contributed by atoms with Crippen LogP contribution in [0.3, 0.4) is 0 Å². The van der Waals surface area contributed by atoms with E-state index in [1.165, 1.54) is 0 Å². The molecule has 0 saturated carbocycles. The third-order valence-electron chi connectivity index (χ3n) is 2.62. The monoisotopic (exact) mass is 230 g/mol. The van der Waals surface area contributed by atoms with Crippen molar-refractivity contribution in [3.05, 3.63) is 0 Å². The van der Waals surface area contributed by atoms with Crippen LogP contribution < -0.4 is 10.6 Å². The van der Waals surface area contributed by atoms with E-state index in [4.69, 9.17) is 9.84 Å². The fourth-order valence-corrected chi connectivity index (χ4v) is 1.77. The second-order valence-corrected chi connectivity index (χ2v) is 5.24. The van der Waals surface area contributed by atoms with Crippen LogP contribution in [-0.4, -0.2) is 43.0 Å². The number of alkyl carbamates (subject to hydrolysis) is 1. The maximum absolute atomic E-state index is 11.4. The third kappa shape index (κ3) is 4.37. The fraction of sp³-hybridized carbons (Fsp3) is 0.909. The number of nitrogens with one attached hydrogen (secondary N) is 2. The molecule has 94 valence electrons. The summed E-state index contributed by atoms with van der Waals surface area (Å²) >= 11 is 0. The Labute approximate surface area is 96.6 Å². The quantitative estimate of drug-likeness (QED) is 0.654. The molecule has 0 unspecified atom stereocenters. The molecule has 5 nitrogen and oxygen atoms in total. The first-order valence-electron chi connectivity index (χ1n) is 5.71. The Bertz CT molecular complexity index is 238.